The molecule has 0 bridgehead atoms. The third-order valence-corrected chi connectivity index (χ3v) is 5.23. The number of benzene rings is 2. The Hall–Kier alpha value is -2.03. The molecule has 7 heteroatoms. The minimum absolute atomic E-state index is 0.193. The normalized spacial score (nSPS) is 11.3. The third-order valence-electron chi connectivity index (χ3n) is 4.21. The van der Waals surface area contributed by atoms with E-state index in [1.54, 1.807) is 24.3 Å². The zero-order valence-corrected chi connectivity index (χ0v) is 19.3. The van der Waals surface area contributed by atoms with Crippen LogP contribution in [0.25, 0.3) is 0 Å². The summed E-state index contributed by atoms with van der Waals surface area (Å²) >= 11 is 1.54. The van der Waals surface area contributed by atoms with Crippen molar-refractivity contribution in [2.45, 2.75) is 50.1 Å². The fraction of sp³-hybridized carbons (Fsp3) is 0.417. The molecular weight excluding hydrogens is 416 g/mol. The van der Waals surface area contributed by atoms with Crippen molar-refractivity contribution in [3.05, 3.63) is 59.7 Å². The largest absolute Gasteiger partial charge is 0.346 e. The summed E-state index contributed by atoms with van der Waals surface area (Å²) in [6.07, 6.45) is -1.76. The summed E-state index contributed by atoms with van der Waals surface area (Å²) in [6.45, 7) is 8.91. The number of hydrogen-bond donors (Lipinski definition) is 0. The molecule has 0 fully saturated rings. The Morgan fingerprint density at radius 3 is 1.16 bits per heavy atom. The maximum absolute atomic E-state index is 12.5. The van der Waals surface area contributed by atoms with E-state index in [4.69, 9.17) is 18.9 Å². The fourth-order valence-electron chi connectivity index (χ4n) is 2.79. The molecule has 2 aromatic rings. The first-order chi connectivity index (χ1) is 15.0. The molecule has 31 heavy (non-hydrogen) atoms. The summed E-state index contributed by atoms with van der Waals surface area (Å²) in [4.78, 5) is 27.0. The van der Waals surface area contributed by atoms with Gasteiger partial charge in [0.2, 0.25) is 24.1 Å². The van der Waals surface area contributed by atoms with Gasteiger partial charge in [0.15, 0.2) is 0 Å². The van der Waals surface area contributed by atoms with E-state index < -0.39 is 12.6 Å². The minimum Gasteiger partial charge on any atom is -0.346 e. The van der Waals surface area contributed by atoms with Gasteiger partial charge >= 0.3 is 0 Å². The third kappa shape index (κ3) is 7.55. The van der Waals surface area contributed by atoms with Crippen LogP contribution in [0.2, 0.25) is 0 Å². The number of rotatable bonds is 14. The van der Waals surface area contributed by atoms with Gasteiger partial charge in [-0.25, -0.2) is 0 Å². The van der Waals surface area contributed by atoms with Crippen LogP contribution in [0.4, 0.5) is 0 Å². The van der Waals surface area contributed by atoms with Gasteiger partial charge in [-0.05, 0) is 52.0 Å². The first kappa shape index (κ1) is 25.2. The van der Waals surface area contributed by atoms with Crippen molar-refractivity contribution in [1.29, 1.82) is 0 Å². The van der Waals surface area contributed by atoms with Gasteiger partial charge in [0.05, 0.1) is 0 Å². The molecule has 0 radical (unpaired) electrons. The molecule has 0 heterocycles. The highest BCUT2D eigenvalue weighted by atomic mass is 32.2. The molecule has 0 N–H and O–H groups in total. The van der Waals surface area contributed by atoms with Gasteiger partial charge < -0.3 is 18.9 Å². The van der Waals surface area contributed by atoms with Crippen molar-refractivity contribution in [2.75, 3.05) is 26.4 Å². The van der Waals surface area contributed by atoms with Gasteiger partial charge in [0.25, 0.3) is 0 Å². The Morgan fingerprint density at radius 1 is 0.613 bits per heavy atom. The summed E-state index contributed by atoms with van der Waals surface area (Å²) in [7, 11) is 0. The van der Waals surface area contributed by atoms with Crippen LogP contribution >= 0.6 is 11.8 Å². The Bertz CT molecular complexity index is 737. The highest BCUT2D eigenvalue weighted by molar-refractivity contribution is 7.99. The van der Waals surface area contributed by atoms with Crippen molar-refractivity contribution >= 4 is 23.3 Å². The molecule has 2 aromatic carbocycles. The lowest BCUT2D eigenvalue weighted by Crippen LogP contribution is -2.27. The van der Waals surface area contributed by atoms with E-state index in [2.05, 4.69) is 0 Å². The zero-order chi connectivity index (χ0) is 22.6. The van der Waals surface area contributed by atoms with Gasteiger partial charge in [0, 0.05) is 47.3 Å². The molecule has 0 unspecified atom stereocenters. The van der Waals surface area contributed by atoms with Crippen LogP contribution in [-0.4, -0.2) is 50.6 Å². The van der Waals surface area contributed by atoms with E-state index >= 15 is 0 Å². The van der Waals surface area contributed by atoms with Crippen molar-refractivity contribution in [1.82, 2.24) is 0 Å². The molecule has 0 saturated heterocycles. The molecule has 0 spiro atoms. The Labute approximate surface area is 188 Å². The SMILES string of the molecule is CCOC(OCC)C(=O)c1ccc(Sc2ccc(C(=O)C(OCC)OCC)cc2)cc1. The molecule has 6 nitrogen and oxygen atoms in total. The molecule has 0 aromatic heterocycles. The van der Waals surface area contributed by atoms with Crippen molar-refractivity contribution in [3.8, 4) is 0 Å². The fourth-order valence-corrected chi connectivity index (χ4v) is 3.60. The van der Waals surface area contributed by atoms with Gasteiger partial charge in [-0.15, -0.1) is 0 Å². The Balaban J connectivity index is 2.03. The standard InChI is InChI=1S/C24H30O6S/c1-5-27-23(28-6-2)21(25)17-9-13-19(14-10-17)31-20-15-11-18(12-16-20)22(26)24(29-7-3)30-8-4/h9-16,23-24H,5-8H2,1-4H3. The summed E-state index contributed by atoms with van der Waals surface area (Å²) < 4.78 is 21.5. The molecule has 0 aliphatic heterocycles. The van der Waals surface area contributed by atoms with Crippen LogP contribution in [0.5, 0.6) is 0 Å². The average Bonchev–Trinajstić information content (AvgIpc) is 2.79. The topological polar surface area (TPSA) is 71.1 Å². The second-order valence-corrected chi connectivity index (χ2v) is 7.51. The number of hydrogen-bond acceptors (Lipinski definition) is 7. The van der Waals surface area contributed by atoms with E-state index in [0.717, 1.165) is 9.79 Å². The smallest absolute Gasteiger partial charge is 0.222 e. The van der Waals surface area contributed by atoms with Gasteiger partial charge in [-0.1, -0.05) is 36.0 Å². The molecule has 0 atom stereocenters. The van der Waals surface area contributed by atoms with Crippen molar-refractivity contribution in [3.63, 3.8) is 0 Å². The summed E-state index contributed by atoms with van der Waals surface area (Å²) in [6, 6.07) is 14.6. The van der Waals surface area contributed by atoms with Crippen LogP contribution in [0.1, 0.15) is 48.4 Å². The first-order valence-electron chi connectivity index (χ1n) is 10.5. The van der Waals surface area contributed by atoms with Gasteiger partial charge in [0.1, 0.15) is 0 Å². The van der Waals surface area contributed by atoms with Crippen LogP contribution < -0.4 is 0 Å². The lowest BCUT2D eigenvalue weighted by molar-refractivity contribution is -0.107. The van der Waals surface area contributed by atoms with E-state index in [1.165, 1.54) is 11.8 Å². The lowest BCUT2D eigenvalue weighted by atomic mass is 10.1. The second kappa shape index (κ2) is 13.4. The van der Waals surface area contributed by atoms with Crippen LogP contribution in [0.15, 0.2) is 58.3 Å². The van der Waals surface area contributed by atoms with E-state index in [1.807, 2.05) is 52.0 Å². The van der Waals surface area contributed by atoms with E-state index in [9.17, 15) is 9.59 Å². The molecule has 0 aliphatic rings. The Morgan fingerprint density at radius 2 is 0.903 bits per heavy atom. The average molecular weight is 447 g/mol. The molecule has 0 aliphatic carbocycles. The lowest BCUT2D eigenvalue weighted by Gasteiger charge is -2.16. The number of carbonyl (C=O) groups excluding carboxylic acids is 2. The highest BCUT2D eigenvalue weighted by Gasteiger charge is 2.21. The predicted octanol–water partition coefficient (Wildman–Crippen LogP) is 5.00. The monoisotopic (exact) mass is 446 g/mol. The quantitative estimate of drug-likeness (QED) is 0.299. The number of Topliss-reactive ketones (excluding diaryl/α,β-unsaturated/α-hetero) is 2. The molecule has 0 amide bonds. The Kier molecular flexibility index (Phi) is 10.9. The molecular formula is C24H30O6S. The van der Waals surface area contributed by atoms with Crippen molar-refractivity contribution in [2.24, 2.45) is 0 Å². The first-order valence-corrected chi connectivity index (χ1v) is 11.3. The van der Waals surface area contributed by atoms with E-state index in [0.29, 0.717) is 37.6 Å². The van der Waals surface area contributed by atoms with E-state index in [-0.39, 0.29) is 11.6 Å². The number of ketones is 2. The molecule has 168 valence electrons. The van der Waals surface area contributed by atoms with Crippen LogP contribution in [0.3, 0.4) is 0 Å². The second-order valence-electron chi connectivity index (χ2n) is 6.36. The van der Waals surface area contributed by atoms with Crippen molar-refractivity contribution < 1.29 is 28.5 Å². The molecule has 2 rings (SSSR count). The maximum Gasteiger partial charge on any atom is 0.222 e. The van der Waals surface area contributed by atoms with Gasteiger partial charge in [-0.2, -0.15) is 0 Å². The van der Waals surface area contributed by atoms with Crippen LogP contribution in [0, 0.1) is 0 Å². The number of carbonyl (C=O) groups is 2. The summed E-state index contributed by atoms with van der Waals surface area (Å²) in [5.74, 6) is -0.387. The summed E-state index contributed by atoms with van der Waals surface area (Å²) in [5.41, 5.74) is 1.07. The highest BCUT2D eigenvalue weighted by Crippen LogP contribution is 2.28. The summed E-state index contributed by atoms with van der Waals surface area (Å²) in [5, 5.41) is 0. The van der Waals surface area contributed by atoms with Crippen LogP contribution in [-0.2, 0) is 18.9 Å². The zero-order valence-electron chi connectivity index (χ0n) is 18.5. The minimum atomic E-state index is -0.879. The predicted molar refractivity (Wildman–Crippen MR) is 120 cm³/mol. The molecule has 0 saturated carbocycles. The number of ether oxygens (including phenoxy) is 4. The van der Waals surface area contributed by atoms with Gasteiger partial charge in [-0.3, -0.25) is 9.59 Å². The maximum atomic E-state index is 12.5.